The van der Waals surface area contributed by atoms with E-state index in [-0.39, 0.29) is 12.4 Å². The van der Waals surface area contributed by atoms with Crippen LogP contribution in [0.5, 0.6) is 5.75 Å². The zero-order valence-electron chi connectivity index (χ0n) is 8.32. The molecule has 0 aliphatic carbocycles. The minimum absolute atomic E-state index is 0.130. The summed E-state index contributed by atoms with van der Waals surface area (Å²) in [7, 11) is -3.44. The van der Waals surface area contributed by atoms with Crippen LogP contribution in [0.2, 0.25) is 10.0 Å². The first-order valence-corrected chi connectivity index (χ1v) is 6.94. The smallest absolute Gasteiger partial charge is 0.209 e. The number of halogens is 2. The van der Waals surface area contributed by atoms with Crippen molar-refractivity contribution in [2.75, 3.05) is 12.4 Å². The first-order chi connectivity index (χ1) is 7.40. The Kier molecular flexibility index (Phi) is 4.86. The van der Waals surface area contributed by atoms with E-state index in [0.717, 1.165) is 0 Å². The molecule has 0 heterocycles. The summed E-state index contributed by atoms with van der Waals surface area (Å²) in [5.74, 6) is 0.231. The average molecular weight is 284 g/mol. The number of para-hydroxylation sites is 1. The number of hydrogen-bond acceptors (Lipinski definition) is 3. The van der Waals surface area contributed by atoms with Crippen molar-refractivity contribution < 1.29 is 13.2 Å². The van der Waals surface area contributed by atoms with Crippen molar-refractivity contribution in [3.63, 3.8) is 0 Å². The van der Waals surface area contributed by atoms with Crippen LogP contribution in [0.3, 0.4) is 0 Å². The minimum atomic E-state index is -3.44. The molecule has 0 bridgehead atoms. The molecule has 0 saturated carbocycles. The van der Waals surface area contributed by atoms with Crippen LogP contribution in [0.4, 0.5) is 0 Å². The number of sulfonamides is 1. The minimum Gasteiger partial charge on any atom is -0.490 e. The SMILES string of the molecule is NS(=O)(=O)CCCOc1c(Cl)cccc1Cl. The summed E-state index contributed by atoms with van der Waals surface area (Å²) in [5.41, 5.74) is 0. The van der Waals surface area contributed by atoms with Crippen LogP contribution in [0.15, 0.2) is 18.2 Å². The predicted molar refractivity (Wildman–Crippen MR) is 64.5 cm³/mol. The van der Waals surface area contributed by atoms with Gasteiger partial charge < -0.3 is 4.74 Å². The first-order valence-electron chi connectivity index (χ1n) is 4.47. The van der Waals surface area contributed by atoms with Crippen molar-refractivity contribution >= 4 is 33.2 Å². The third kappa shape index (κ3) is 4.57. The van der Waals surface area contributed by atoms with Crippen LogP contribution < -0.4 is 9.88 Å². The van der Waals surface area contributed by atoms with Gasteiger partial charge in [0.15, 0.2) is 5.75 Å². The summed E-state index contributed by atoms with van der Waals surface area (Å²) < 4.78 is 26.6. The molecule has 0 atom stereocenters. The van der Waals surface area contributed by atoms with Gasteiger partial charge in [-0.3, -0.25) is 0 Å². The highest BCUT2D eigenvalue weighted by atomic mass is 35.5. The largest absolute Gasteiger partial charge is 0.490 e. The van der Waals surface area contributed by atoms with Gasteiger partial charge in [0, 0.05) is 0 Å². The van der Waals surface area contributed by atoms with Gasteiger partial charge in [-0.25, -0.2) is 13.6 Å². The highest BCUT2D eigenvalue weighted by molar-refractivity contribution is 7.89. The third-order valence-corrected chi connectivity index (χ3v) is 3.19. The van der Waals surface area contributed by atoms with E-state index in [9.17, 15) is 8.42 Å². The van der Waals surface area contributed by atoms with Gasteiger partial charge in [0.1, 0.15) is 0 Å². The van der Waals surface area contributed by atoms with Gasteiger partial charge in [-0.1, -0.05) is 29.3 Å². The van der Waals surface area contributed by atoms with Crippen LogP contribution in [0.25, 0.3) is 0 Å². The molecule has 0 aromatic heterocycles. The van der Waals surface area contributed by atoms with E-state index in [2.05, 4.69) is 0 Å². The van der Waals surface area contributed by atoms with Crippen molar-refractivity contribution in [1.29, 1.82) is 0 Å². The molecular formula is C9H11Cl2NO3S. The summed E-state index contributed by atoms with van der Waals surface area (Å²) in [4.78, 5) is 0. The Balaban J connectivity index is 2.49. The van der Waals surface area contributed by atoms with Gasteiger partial charge in [-0.05, 0) is 18.6 Å². The maximum absolute atomic E-state index is 10.6. The van der Waals surface area contributed by atoms with Gasteiger partial charge >= 0.3 is 0 Å². The Hall–Kier alpha value is -0.490. The zero-order valence-corrected chi connectivity index (χ0v) is 10.6. The highest BCUT2D eigenvalue weighted by Crippen LogP contribution is 2.32. The number of nitrogens with two attached hydrogens (primary N) is 1. The van der Waals surface area contributed by atoms with Crippen LogP contribution in [-0.4, -0.2) is 20.8 Å². The maximum Gasteiger partial charge on any atom is 0.209 e. The Morgan fingerprint density at radius 2 is 1.81 bits per heavy atom. The molecular weight excluding hydrogens is 273 g/mol. The molecule has 0 amide bonds. The lowest BCUT2D eigenvalue weighted by molar-refractivity contribution is 0.318. The monoisotopic (exact) mass is 283 g/mol. The topological polar surface area (TPSA) is 69.4 Å². The molecule has 7 heteroatoms. The molecule has 0 spiro atoms. The molecule has 0 unspecified atom stereocenters. The van der Waals surface area contributed by atoms with Gasteiger partial charge in [0.2, 0.25) is 10.0 Å². The number of primary sulfonamides is 1. The summed E-state index contributed by atoms with van der Waals surface area (Å²) in [6.45, 7) is 0.194. The van der Waals surface area contributed by atoms with E-state index in [4.69, 9.17) is 33.1 Å². The summed E-state index contributed by atoms with van der Waals surface area (Å²) in [6.07, 6.45) is 0.292. The van der Waals surface area contributed by atoms with Crippen molar-refractivity contribution in [3.8, 4) is 5.75 Å². The second kappa shape index (κ2) is 5.72. The lowest BCUT2D eigenvalue weighted by atomic mass is 10.3. The second-order valence-electron chi connectivity index (χ2n) is 3.12. The van der Waals surface area contributed by atoms with Gasteiger partial charge in [-0.2, -0.15) is 0 Å². The fourth-order valence-corrected chi connectivity index (χ4v) is 2.08. The van der Waals surface area contributed by atoms with Crippen molar-refractivity contribution in [2.24, 2.45) is 5.14 Å². The van der Waals surface area contributed by atoms with Gasteiger partial charge in [0.25, 0.3) is 0 Å². The molecule has 0 radical (unpaired) electrons. The lowest BCUT2D eigenvalue weighted by Gasteiger charge is -2.08. The summed E-state index contributed by atoms with van der Waals surface area (Å²) >= 11 is 11.7. The molecule has 1 rings (SSSR count). The van der Waals surface area contributed by atoms with Crippen LogP contribution in [0.1, 0.15) is 6.42 Å². The molecule has 0 aliphatic heterocycles. The van der Waals surface area contributed by atoms with E-state index < -0.39 is 10.0 Å². The maximum atomic E-state index is 10.6. The van der Waals surface area contributed by atoms with E-state index in [1.807, 2.05) is 0 Å². The summed E-state index contributed by atoms with van der Waals surface area (Å²) in [5, 5.41) is 5.62. The molecule has 0 aliphatic rings. The first kappa shape index (κ1) is 13.6. The van der Waals surface area contributed by atoms with Crippen LogP contribution in [0, 0.1) is 0 Å². The molecule has 0 fully saturated rings. The number of hydrogen-bond donors (Lipinski definition) is 1. The van der Waals surface area contributed by atoms with E-state index in [1.54, 1.807) is 18.2 Å². The lowest BCUT2D eigenvalue weighted by Crippen LogP contribution is -2.18. The molecule has 90 valence electrons. The number of benzene rings is 1. The van der Waals surface area contributed by atoms with Crippen molar-refractivity contribution in [3.05, 3.63) is 28.2 Å². The molecule has 2 N–H and O–H groups in total. The Morgan fingerprint density at radius 1 is 1.25 bits per heavy atom. The quantitative estimate of drug-likeness (QED) is 0.841. The van der Waals surface area contributed by atoms with E-state index in [0.29, 0.717) is 22.2 Å². The average Bonchev–Trinajstić information content (AvgIpc) is 2.14. The van der Waals surface area contributed by atoms with Crippen molar-refractivity contribution in [1.82, 2.24) is 0 Å². The standard InChI is InChI=1S/C9H11Cl2NO3S/c10-7-3-1-4-8(11)9(7)15-5-2-6-16(12,13)14/h1,3-4H,2,5-6H2,(H2,12,13,14). The zero-order chi connectivity index (χ0) is 12.2. The fourth-order valence-electron chi connectivity index (χ4n) is 1.05. The molecule has 16 heavy (non-hydrogen) atoms. The molecule has 0 saturated heterocycles. The van der Waals surface area contributed by atoms with Gasteiger partial charge in [-0.15, -0.1) is 0 Å². The Morgan fingerprint density at radius 3 is 2.31 bits per heavy atom. The van der Waals surface area contributed by atoms with E-state index >= 15 is 0 Å². The Bertz CT molecular complexity index is 442. The number of rotatable bonds is 5. The fraction of sp³-hybridized carbons (Fsp3) is 0.333. The van der Waals surface area contributed by atoms with Crippen LogP contribution in [-0.2, 0) is 10.0 Å². The van der Waals surface area contributed by atoms with Crippen molar-refractivity contribution in [2.45, 2.75) is 6.42 Å². The molecule has 1 aromatic rings. The Labute approximate surface area is 104 Å². The van der Waals surface area contributed by atoms with E-state index in [1.165, 1.54) is 0 Å². The summed E-state index contributed by atoms with van der Waals surface area (Å²) in [6, 6.07) is 4.98. The predicted octanol–water partition coefficient (Wildman–Crippen LogP) is 2.05. The van der Waals surface area contributed by atoms with Gasteiger partial charge in [0.05, 0.1) is 22.4 Å². The normalized spacial score (nSPS) is 11.4. The van der Waals surface area contributed by atoms with Crippen LogP contribution >= 0.6 is 23.2 Å². The number of ether oxygens (including phenoxy) is 1. The molecule has 4 nitrogen and oxygen atoms in total. The third-order valence-electron chi connectivity index (χ3n) is 1.74. The second-order valence-corrected chi connectivity index (χ2v) is 5.67. The highest BCUT2D eigenvalue weighted by Gasteiger charge is 2.07. The molecule has 1 aromatic carbocycles.